The number of nitrogens with one attached hydrogen (secondary N) is 1. The van der Waals surface area contributed by atoms with Crippen LogP contribution in [0.15, 0.2) is 28.2 Å². The van der Waals surface area contributed by atoms with E-state index in [4.69, 9.17) is 5.73 Å². The Balaban J connectivity index is 1.97. The maximum absolute atomic E-state index is 11.8. The molecular formula is C9H11N5O2S2. The summed E-state index contributed by atoms with van der Waals surface area (Å²) in [5, 5.41) is 1.88. The first-order chi connectivity index (χ1) is 8.58. The highest BCUT2D eigenvalue weighted by atomic mass is 32.2. The van der Waals surface area contributed by atoms with Gasteiger partial charge in [-0.3, -0.25) is 0 Å². The Morgan fingerprint density at radius 2 is 2.00 bits per heavy atom. The summed E-state index contributed by atoms with van der Waals surface area (Å²) in [5.74, 6) is 0.0384. The quantitative estimate of drug-likeness (QED) is 0.802. The second-order valence-electron chi connectivity index (χ2n) is 3.40. The normalized spacial score (nSPS) is 11.6. The number of nitrogens with zero attached hydrogens (tertiary/aromatic N) is 3. The molecule has 0 aliphatic carbocycles. The first-order valence-corrected chi connectivity index (χ1v) is 7.45. The number of sulfonamides is 1. The van der Waals surface area contributed by atoms with E-state index in [2.05, 4.69) is 19.7 Å². The second kappa shape index (κ2) is 5.38. The minimum atomic E-state index is -3.59. The molecule has 0 amide bonds. The summed E-state index contributed by atoms with van der Waals surface area (Å²) in [7, 11) is -3.59. The lowest BCUT2D eigenvalue weighted by Gasteiger charge is -2.05. The van der Waals surface area contributed by atoms with E-state index in [0.717, 1.165) is 5.69 Å². The van der Waals surface area contributed by atoms with E-state index in [1.807, 2.05) is 5.38 Å². The number of hydrogen-bond acceptors (Lipinski definition) is 7. The average Bonchev–Trinajstić information content (AvgIpc) is 2.82. The Morgan fingerprint density at radius 3 is 2.61 bits per heavy atom. The zero-order valence-corrected chi connectivity index (χ0v) is 10.9. The molecule has 96 valence electrons. The van der Waals surface area contributed by atoms with E-state index < -0.39 is 10.0 Å². The van der Waals surface area contributed by atoms with E-state index >= 15 is 0 Å². The van der Waals surface area contributed by atoms with Crippen LogP contribution >= 0.6 is 11.3 Å². The fourth-order valence-corrected chi connectivity index (χ4v) is 2.74. The topological polar surface area (TPSA) is 111 Å². The predicted molar refractivity (Wildman–Crippen MR) is 67.5 cm³/mol. The molecule has 18 heavy (non-hydrogen) atoms. The van der Waals surface area contributed by atoms with Crippen LogP contribution in [0.1, 0.15) is 5.69 Å². The van der Waals surface area contributed by atoms with Crippen molar-refractivity contribution in [2.24, 2.45) is 0 Å². The number of anilines is 1. The molecule has 2 aromatic heterocycles. The van der Waals surface area contributed by atoms with Crippen LogP contribution in [0.3, 0.4) is 0 Å². The van der Waals surface area contributed by atoms with Crippen molar-refractivity contribution in [3.63, 3.8) is 0 Å². The largest absolute Gasteiger partial charge is 0.368 e. The lowest BCUT2D eigenvalue weighted by molar-refractivity contribution is 0.580. The molecule has 3 N–H and O–H groups in total. The molecule has 2 rings (SSSR count). The van der Waals surface area contributed by atoms with Crippen molar-refractivity contribution in [1.29, 1.82) is 0 Å². The molecule has 0 bridgehead atoms. The van der Waals surface area contributed by atoms with Gasteiger partial charge in [-0.05, 0) is 0 Å². The first kappa shape index (κ1) is 12.9. The van der Waals surface area contributed by atoms with Crippen molar-refractivity contribution in [1.82, 2.24) is 19.7 Å². The molecule has 0 fully saturated rings. The van der Waals surface area contributed by atoms with Crippen molar-refractivity contribution in [3.05, 3.63) is 29.0 Å². The smallest absolute Gasteiger partial charge is 0.243 e. The third-order valence-electron chi connectivity index (χ3n) is 2.12. The maximum Gasteiger partial charge on any atom is 0.243 e. The summed E-state index contributed by atoms with van der Waals surface area (Å²) in [5.41, 5.74) is 7.85. The monoisotopic (exact) mass is 285 g/mol. The Morgan fingerprint density at radius 1 is 1.28 bits per heavy atom. The van der Waals surface area contributed by atoms with Crippen molar-refractivity contribution < 1.29 is 8.42 Å². The molecule has 0 unspecified atom stereocenters. The Hall–Kier alpha value is -1.58. The van der Waals surface area contributed by atoms with Crippen LogP contribution in [-0.2, 0) is 16.4 Å². The van der Waals surface area contributed by atoms with Crippen LogP contribution in [0.5, 0.6) is 0 Å². The summed E-state index contributed by atoms with van der Waals surface area (Å²) in [6.07, 6.45) is 2.89. The molecule has 0 atom stereocenters. The van der Waals surface area contributed by atoms with Gasteiger partial charge >= 0.3 is 0 Å². The molecule has 2 aromatic rings. The number of rotatable bonds is 5. The molecule has 0 aliphatic heterocycles. The van der Waals surface area contributed by atoms with Crippen LogP contribution in [-0.4, -0.2) is 29.9 Å². The van der Waals surface area contributed by atoms with Gasteiger partial charge in [-0.1, -0.05) is 0 Å². The van der Waals surface area contributed by atoms with E-state index in [1.165, 1.54) is 23.7 Å². The van der Waals surface area contributed by atoms with Gasteiger partial charge in [0.25, 0.3) is 0 Å². The molecule has 7 nitrogen and oxygen atoms in total. The van der Waals surface area contributed by atoms with E-state index in [1.54, 1.807) is 5.51 Å². The Bertz CT molecular complexity index is 594. The third kappa shape index (κ3) is 3.22. The summed E-state index contributed by atoms with van der Waals surface area (Å²) < 4.78 is 26.1. The number of nitrogen functional groups attached to an aromatic ring is 1. The van der Waals surface area contributed by atoms with Crippen molar-refractivity contribution in [2.75, 3.05) is 12.3 Å². The van der Waals surface area contributed by atoms with Crippen LogP contribution in [0.2, 0.25) is 0 Å². The second-order valence-corrected chi connectivity index (χ2v) is 5.89. The summed E-state index contributed by atoms with van der Waals surface area (Å²) in [4.78, 5) is 11.3. The molecule has 2 heterocycles. The number of nitrogens with two attached hydrogens (primary N) is 1. The highest BCUT2D eigenvalue weighted by molar-refractivity contribution is 7.89. The standard InChI is InChI=1S/C9H11N5O2S2/c10-9-11-3-8(4-12-9)18(15,16)14-2-1-7-5-17-6-13-7/h3-6,14H,1-2H2,(H2,10,11,12). The van der Waals surface area contributed by atoms with Crippen LogP contribution in [0, 0.1) is 0 Å². The van der Waals surface area contributed by atoms with Crippen LogP contribution in [0.4, 0.5) is 5.95 Å². The maximum atomic E-state index is 11.8. The zero-order chi connectivity index (χ0) is 13.0. The minimum absolute atomic E-state index is 0.00465. The molecular weight excluding hydrogens is 274 g/mol. The van der Waals surface area contributed by atoms with Gasteiger partial charge in [0.15, 0.2) is 0 Å². The SMILES string of the molecule is Nc1ncc(S(=O)(=O)NCCc2cscn2)cn1. The van der Waals surface area contributed by atoms with Gasteiger partial charge < -0.3 is 5.73 Å². The first-order valence-electron chi connectivity index (χ1n) is 5.02. The molecule has 0 spiro atoms. The molecule has 0 aromatic carbocycles. The van der Waals surface area contributed by atoms with Gasteiger partial charge in [-0.15, -0.1) is 11.3 Å². The Kier molecular flexibility index (Phi) is 3.84. The molecule has 0 saturated heterocycles. The highest BCUT2D eigenvalue weighted by Gasteiger charge is 2.14. The number of thiazole rings is 1. The fraction of sp³-hybridized carbons (Fsp3) is 0.222. The van der Waals surface area contributed by atoms with E-state index in [-0.39, 0.29) is 17.4 Å². The van der Waals surface area contributed by atoms with Crippen LogP contribution < -0.4 is 10.5 Å². The fourth-order valence-electron chi connectivity index (χ4n) is 1.22. The molecule has 0 saturated carbocycles. The predicted octanol–water partition coefficient (Wildman–Crippen LogP) is 0.0363. The van der Waals surface area contributed by atoms with Crippen molar-refractivity contribution in [2.45, 2.75) is 11.3 Å². The van der Waals surface area contributed by atoms with Crippen LogP contribution in [0.25, 0.3) is 0 Å². The third-order valence-corrected chi connectivity index (χ3v) is 4.17. The van der Waals surface area contributed by atoms with Gasteiger partial charge in [-0.25, -0.2) is 28.1 Å². The number of aromatic nitrogens is 3. The van der Waals surface area contributed by atoms with Gasteiger partial charge in [-0.2, -0.15) is 0 Å². The summed E-state index contributed by atoms with van der Waals surface area (Å²) in [6.45, 7) is 0.274. The zero-order valence-electron chi connectivity index (χ0n) is 9.28. The lowest BCUT2D eigenvalue weighted by atomic mass is 10.3. The summed E-state index contributed by atoms with van der Waals surface area (Å²) >= 11 is 1.47. The average molecular weight is 285 g/mol. The van der Waals surface area contributed by atoms with Crippen molar-refractivity contribution >= 4 is 27.3 Å². The molecule has 9 heteroatoms. The lowest BCUT2D eigenvalue weighted by Crippen LogP contribution is -2.26. The minimum Gasteiger partial charge on any atom is -0.368 e. The van der Waals surface area contributed by atoms with Gasteiger partial charge in [0.1, 0.15) is 4.90 Å². The van der Waals surface area contributed by atoms with E-state index in [0.29, 0.717) is 6.42 Å². The molecule has 0 aliphatic rings. The van der Waals surface area contributed by atoms with Gasteiger partial charge in [0.05, 0.1) is 23.6 Å². The van der Waals surface area contributed by atoms with Gasteiger partial charge in [0.2, 0.25) is 16.0 Å². The van der Waals surface area contributed by atoms with E-state index in [9.17, 15) is 8.42 Å². The van der Waals surface area contributed by atoms with Gasteiger partial charge in [0, 0.05) is 18.3 Å². The Labute approximate surface area is 108 Å². The summed E-state index contributed by atoms with van der Waals surface area (Å²) in [6, 6.07) is 0. The molecule has 0 radical (unpaired) electrons. The number of hydrogen-bond donors (Lipinski definition) is 2. The highest BCUT2D eigenvalue weighted by Crippen LogP contribution is 2.06. The van der Waals surface area contributed by atoms with Crippen molar-refractivity contribution in [3.8, 4) is 0 Å².